The average molecular weight is 244 g/mol. The molecule has 0 amide bonds. The Bertz CT molecular complexity index is 233. The van der Waals surface area contributed by atoms with E-state index in [1.165, 1.54) is 12.7 Å². The van der Waals surface area contributed by atoms with E-state index in [2.05, 4.69) is 37.4 Å². The molecule has 2 radical (unpaired) electrons. The number of carbonyl (C=O) groups excluding carboxylic acids is 1. The topological polar surface area (TPSA) is 35.5 Å². The molecule has 86 valence electrons. The van der Waals surface area contributed by atoms with Crippen LogP contribution in [0.3, 0.4) is 0 Å². The van der Waals surface area contributed by atoms with Crippen LogP contribution in [0.25, 0.3) is 0 Å². The van der Waals surface area contributed by atoms with Crippen LogP contribution in [0.2, 0.25) is 18.8 Å². The van der Waals surface area contributed by atoms with Gasteiger partial charge < -0.3 is 9.47 Å². The Morgan fingerprint density at radius 3 is 2.47 bits per heavy atom. The predicted molar refractivity (Wildman–Crippen MR) is 65.8 cm³/mol. The zero-order chi connectivity index (χ0) is 11.9. The lowest BCUT2D eigenvalue weighted by Crippen LogP contribution is -2.35. The second kappa shape index (κ2) is 6.84. The van der Waals surface area contributed by atoms with E-state index in [0.29, 0.717) is 6.23 Å². The molecule has 0 aromatic carbocycles. The van der Waals surface area contributed by atoms with Gasteiger partial charge in [-0.15, -0.1) is 5.70 Å². The zero-order valence-electron chi connectivity index (χ0n) is 10.2. The normalized spacial score (nSPS) is 10.7. The first-order chi connectivity index (χ1) is 6.87. The molecule has 3 nitrogen and oxygen atoms in total. The fourth-order valence-electron chi connectivity index (χ4n) is 0.896. The van der Waals surface area contributed by atoms with E-state index >= 15 is 0 Å². The maximum absolute atomic E-state index is 10.8. The summed E-state index contributed by atoms with van der Waals surface area (Å²) in [5.41, 5.74) is 4.77. The van der Waals surface area contributed by atoms with E-state index in [0.717, 1.165) is 15.2 Å². The van der Waals surface area contributed by atoms with Gasteiger partial charge in [0.2, 0.25) is 0 Å². The van der Waals surface area contributed by atoms with Gasteiger partial charge in [0.25, 0.3) is 0 Å². The first-order valence-corrected chi connectivity index (χ1v) is 9.65. The summed E-state index contributed by atoms with van der Waals surface area (Å²) in [5, 5.41) is 0. The highest BCUT2D eigenvalue weighted by Gasteiger charge is 2.22. The van der Waals surface area contributed by atoms with E-state index in [9.17, 15) is 4.79 Å². The zero-order valence-corrected chi connectivity index (χ0v) is 12.2. The molecule has 15 heavy (non-hydrogen) atoms. The third kappa shape index (κ3) is 8.44. The van der Waals surface area contributed by atoms with Crippen LogP contribution in [0.5, 0.6) is 0 Å². The van der Waals surface area contributed by atoms with Crippen LogP contribution in [-0.4, -0.2) is 37.1 Å². The minimum atomic E-state index is -1.40. The van der Waals surface area contributed by atoms with Crippen LogP contribution in [0.1, 0.15) is 13.8 Å². The van der Waals surface area contributed by atoms with Gasteiger partial charge in [0.15, 0.2) is 0 Å². The number of rotatable bonds is 5. The third-order valence-corrected chi connectivity index (χ3v) is 8.07. The van der Waals surface area contributed by atoms with Crippen molar-refractivity contribution < 1.29 is 14.3 Å². The summed E-state index contributed by atoms with van der Waals surface area (Å²) in [6, 6.07) is 0. The maximum Gasteiger partial charge on any atom is 0.507 e. The molecule has 0 N–H and O–H groups in total. The van der Waals surface area contributed by atoms with Crippen molar-refractivity contribution in [3.05, 3.63) is 11.3 Å². The largest absolute Gasteiger partial charge is 0.507 e. The van der Waals surface area contributed by atoms with Crippen LogP contribution in [0.15, 0.2) is 11.3 Å². The van der Waals surface area contributed by atoms with Gasteiger partial charge in [-0.05, 0) is 13.8 Å². The molecule has 0 fully saturated rings. The van der Waals surface area contributed by atoms with Crippen molar-refractivity contribution in [3.8, 4) is 0 Å². The smallest absolute Gasteiger partial charge is 0.438 e. The van der Waals surface area contributed by atoms with Crippen molar-refractivity contribution in [2.45, 2.75) is 32.6 Å². The molecule has 0 aliphatic rings. The van der Waals surface area contributed by atoms with E-state index < -0.39 is 14.2 Å². The number of hydrogen-bond donors (Lipinski definition) is 0. The molecule has 0 unspecified atom stereocenters. The Kier molecular flexibility index (Phi) is 6.59. The Balaban J connectivity index is 3.86. The molecule has 0 aromatic rings. The van der Waals surface area contributed by atoms with Crippen molar-refractivity contribution in [1.82, 2.24) is 0 Å². The Morgan fingerprint density at radius 2 is 2.00 bits per heavy atom. The highest BCUT2D eigenvalue weighted by molar-refractivity contribution is 6.85. The highest BCUT2D eigenvalue weighted by Crippen LogP contribution is 2.09. The molecule has 0 aliphatic heterocycles. The van der Waals surface area contributed by atoms with Gasteiger partial charge in [-0.2, -0.15) is 0 Å². The first kappa shape index (κ1) is 14.4. The molecule has 0 atom stereocenters. The fourth-order valence-corrected chi connectivity index (χ4v) is 4.84. The Labute approximate surface area is 95.7 Å². The van der Waals surface area contributed by atoms with Gasteiger partial charge >= 0.3 is 6.16 Å². The van der Waals surface area contributed by atoms with Crippen molar-refractivity contribution >= 4 is 23.7 Å². The summed E-state index contributed by atoms with van der Waals surface area (Å²) >= 11 is 0. The lowest BCUT2D eigenvalue weighted by Gasteiger charge is -2.20. The Hall–Kier alpha value is -0.556. The summed E-state index contributed by atoms with van der Waals surface area (Å²) in [5.74, 6) is 0. The van der Waals surface area contributed by atoms with E-state index in [1.807, 2.05) is 0 Å². The fraction of sp³-hybridized carbons (Fsp3) is 0.700. The van der Waals surface area contributed by atoms with Gasteiger partial charge in [0, 0.05) is 0 Å². The van der Waals surface area contributed by atoms with Gasteiger partial charge in [-0.1, -0.05) is 24.3 Å². The first-order valence-electron chi connectivity index (χ1n) is 4.95. The summed E-state index contributed by atoms with van der Waals surface area (Å²) in [6.07, 6.45) is -0.0235. The van der Waals surface area contributed by atoms with Crippen molar-refractivity contribution in [2.24, 2.45) is 0 Å². The lowest BCUT2D eigenvalue weighted by molar-refractivity contribution is 0.0850. The highest BCUT2D eigenvalue weighted by atomic mass is 28.4. The van der Waals surface area contributed by atoms with Crippen LogP contribution in [0, 0.1) is 0 Å². The molecular weight excluding hydrogens is 224 g/mol. The summed E-state index contributed by atoms with van der Waals surface area (Å²) in [6.45, 7) is 8.66. The van der Waals surface area contributed by atoms with Gasteiger partial charge in [-0.25, -0.2) is 4.79 Å². The van der Waals surface area contributed by atoms with E-state index in [1.54, 1.807) is 0 Å². The molecule has 0 bridgehead atoms. The van der Waals surface area contributed by atoms with Crippen molar-refractivity contribution in [2.75, 3.05) is 13.3 Å². The Morgan fingerprint density at radius 1 is 1.40 bits per heavy atom. The third-order valence-electron chi connectivity index (χ3n) is 1.72. The molecule has 5 heteroatoms. The van der Waals surface area contributed by atoms with Crippen molar-refractivity contribution in [1.29, 1.82) is 0 Å². The lowest BCUT2D eigenvalue weighted by atomic mass is 10.4. The number of ether oxygens (including phenoxy) is 2. The second-order valence-corrected chi connectivity index (χ2v) is 11.2. The monoisotopic (exact) mass is 244 g/mol. The average Bonchev–Trinajstić information content (AvgIpc) is 2.13. The SMILES string of the molecule is COC(=O)OC[Si](C)(C)C[Si]C=C(C)C. The molecule has 0 saturated heterocycles. The second-order valence-electron chi connectivity index (χ2n) is 4.51. The molecule has 0 aliphatic carbocycles. The van der Waals surface area contributed by atoms with Crippen LogP contribution in [0.4, 0.5) is 4.79 Å². The van der Waals surface area contributed by atoms with E-state index in [-0.39, 0.29) is 0 Å². The molecule has 0 aromatic heterocycles. The summed E-state index contributed by atoms with van der Waals surface area (Å²) < 4.78 is 9.44. The van der Waals surface area contributed by atoms with Gasteiger partial charge in [-0.3, -0.25) is 0 Å². The van der Waals surface area contributed by atoms with Crippen LogP contribution in [-0.2, 0) is 9.47 Å². The molecule has 0 rings (SSSR count). The minimum absolute atomic E-state index is 0.545. The number of methoxy groups -OCH3 is 1. The molecule has 0 spiro atoms. The van der Waals surface area contributed by atoms with E-state index in [4.69, 9.17) is 4.74 Å². The number of allylic oxidation sites excluding steroid dienone is 1. The molecular formula is C10H20O3Si2. The molecule has 0 saturated carbocycles. The quantitative estimate of drug-likeness (QED) is 0.551. The summed E-state index contributed by atoms with van der Waals surface area (Å²) in [7, 11) is 0.766. The number of hydrogen-bond acceptors (Lipinski definition) is 3. The van der Waals surface area contributed by atoms with Gasteiger partial charge in [0.1, 0.15) is 0 Å². The molecule has 0 heterocycles. The summed E-state index contributed by atoms with van der Waals surface area (Å²) in [4.78, 5) is 10.8. The van der Waals surface area contributed by atoms with Gasteiger partial charge in [0.05, 0.1) is 30.9 Å². The van der Waals surface area contributed by atoms with Crippen LogP contribution < -0.4 is 0 Å². The predicted octanol–water partition coefficient (Wildman–Crippen LogP) is 2.60. The number of carbonyl (C=O) groups is 1. The maximum atomic E-state index is 10.8. The van der Waals surface area contributed by atoms with Crippen molar-refractivity contribution in [3.63, 3.8) is 0 Å². The van der Waals surface area contributed by atoms with Crippen LogP contribution >= 0.6 is 0 Å². The standard InChI is InChI=1S/C10H20O3Si2/c1-9(2)6-14-8-15(4,5)7-13-10(11)12-3/h6H,7-8H2,1-5H3. The minimum Gasteiger partial charge on any atom is -0.438 e.